The Morgan fingerprint density at radius 1 is 1.14 bits per heavy atom. The van der Waals surface area contributed by atoms with E-state index in [0.29, 0.717) is 21.8 Å². The number of anilines is 1. The molecule has 178 valence electrons. The molecular formula is C25H22N4O5S. The van der Waals surface area contributed by atoms with Crippen molar-refractivity contribution in [1.82, 2.24) is 9.55 Å². The van der Waals surface area contributed by atoms with Gasteiger partial charge in [0, 0.05) is 0 Å². The molecule has 0 saturated heterocycles. The van der Waals surface area contributed by atoms with Crippen molar-refractivity contribution in [2.45, 2.75) is 18.1 Å². The third-order valence-corrected chi connectivity index (χ3v) is 6.41. The van der Waals surface area contributed by atoms with Gasteiger partial charge in [0.1, 0.15) is 11.4 Å². The van der Waals surface area contributed by atoms with Crippen LogP contribution in [-0.4, -0.2) is 33.2 Å². The summed E-state index contributed by atoms with van der Waals surface area (Å²) in [7, 11) is 1.40. The molecule has 0 fully saturated rings. The lowest BCUT2D eigenvalue weighted by atomic mass is 10.1. The average molecular weight is 491 g/mol. The smallest absolute Gasteiger partial charge is 0.296 e. The fourth-order valence-corrected chi connectivity index (χ4v) is 4.54. The maximum Gasteiger partial charge on any atom is 0.296 e. The van der Waals surface area contributed by atoms with Crippen LogP contribution in [0.3, 0.4) is 0 Å². The van der Waals surface area contributed by atoms with E-state index >= 15 is 0 Å². The van der Waals surface area contributed by atoms with E-state index in [-0.39, 0.29) is 28.7 Å². The maximum atomic E-state index is 13.4. The molecule has 0 aliphatic rings. The van der Waals surface area contributed by atoms with E-state index in [1.807, 2.05) is 37.3 Å². The number of fused-ring (bicyclic) bond motifs is 1. The predicted octanol–water partition coefficient (Wildman–Crippen LogP) is 4.65. The Kier molecular flexibility index (Phi) is 7.11. The minimum atomic E-state index is -0.588. The molecule has 0 aliphatic carbocycles. The van der Waals surface area contributed by atoms with Crippen LogP contribution < -0.4 is 15.6 Å². The molecule has 0 saturated carbocycles. The fraction of sp³-hybridized carbons (Fsp3) is 0.160. The van der Waals surface area contributed by atoms with Gasteiger partial charge >= 0.3 is 0 Å². The van der Waals surface area contributed by atoms with Crippen molar-refractivity contribution < 1.29 is 14.5 Å². The number of nitrogens with one attached hydrogen (secondary N) is 1. The Labute approximate surface area is 204 Å². The summed E-state index contributed by atoms with van der Waals surface area (Å²) in [5.74, 6) is -0.261. The largest absolute Gasteiger partial charge is 0.496 e. The molecule has 1 amide bonds. The van der Waals surface area contributed by atoms with Gasteiger partial charge in [0.2, 0.25) is 5.91 Å². The molecule has 4 aromatic rings. The number of carbonyl (C=O) groups excluding carboxylic acids is 1. The highest BCUT2D eigenvalue weighted by Crippen LogP contribution is 2.30. The first kappa shape index (κ1) is 24.0. The number of nitro benzene ring substituents is 1. The first-order chi connectivity index (χ1) is 16.9. The number of hydrogen-bond donors (Lipinski definition) is 1. The molecule has 35 heavy (non-hydrogen) atoms. The highest BCUT2D eigenvalue weighted by atomic mass is 32.2. The zero-order valence-corrected chi connectivity index (χ0v) is 19.8. The number of methoxy groups -OCH3 is 1. The van der Waals surface area contributed by atoms with Gasteiger partial charge in [-0.25, -0.2) is 4.98 Å². The number of carbonyl (C=O) groups is 1. The molecule has 0 radical (unpaired) electrons. The number of para-hydroxylation sites is 1. The number of nitro groups is 1. The van der Waals surface area contributed by atoms with Crippen molar-refractivity contribution in [1.29, 1.82) is 0 Å². The lowest BCUT2D eigenvalue weighted by molar-refractivity contribution is -0.384. The van der Waals surface area contributed by atoms with Crippen LogP contribution in [0.2, 0.25) is 0 Å². The Balaban J connectivity index is 1.64. The zero-order valence-electron chi connectivity index (χ0n) is 19.0. The maximum absolute atomic E-state index is 13.4. The summed E-state index contributed by atoms with van der Waals surface area (Å²) in [6.45, 7) is 1.90. The first-order valence-electron chi connectivity index (χ1n) is 10.7. The van der Waals surface area contributed by atoms with E-state index < -0.39 is 10.8 Å². The van der Waals surface area contributed by atoms with Crippen LogP contribution in [-0.2, 0) is 4.79 Å². The molecule has 1 unspecified atom stereocenters. The van der Waals surface area contributed by atoms with E-state index in [2.05, 4.69) is 10.3 Å². The summed E-state index contributed by atoms with van der Waals surface area (Å²) in [5.41, 5.74) is 1.03. The van der Waals surface area contributed by atoms with E-state index in [1.54, 1.807) is 28.8 Å². The summed E-state index contributed by atoms with van der Waals surface area (Å²) < 4.78 is 6.60. The normalized spacial score (nSPS) is 11.7. The number of thioether (sulfide) groups is 1. The molecule has 1 atom stereocenters. The van der Waals surface area contributed by atoms with Crippen LogP contribution >= 0.6 is 11.8 Å². The van der Waals surface area contributed by atoms with Crippen molar-refractivity contribution in [2.75, 3.05) is 18.2 Å². The minimum Gasteiger partial charge on any atom is -0.496 e. The highest BCUT2D eigenvalue weighted by molar-refractivity contribution is 7.99. The molecule has 1 heterocycles. The zero-order chi connectivity index (χ0) is 24.9. The van der Waals surface area contributed by atoms with Gasteiger partial charge < -0.3 is 10.1 Å². The Hall–Kier alpha value is -4.18. The quantitative estimate of drug-likeness (QED) is 0.165. The van der Waals surface area contributed by atoms with Gasteiger partial charge in [-0.1, -0.05) is 54.2 Å². The van der Waals surface area contributed by atoms with Crippen LogP contribution in [0, 0.1) is 10.1 Å². The number of hydrogen-bond acceptors (Lipinski definition) is 7. The number of nitrogens with zero attached hydrogens (tertiary/aromatic N) is 3. The van der Waals surface area contributed by atoms with Crippen molar-refractivity contribution in [3.05, 3.63) is 98.8 Å². The topological polar surface area (TPSA) is 116 Å². The average Bonchev–Trinajstić information content (AvgIpc) is 2.88. The molecule has 3 aromatic carbocycles. The van der Waals surface area contributed by atoms with Gasteiger partial charge in [-0.15, -0.1) is 0 Å². The second-order valence-corrected chi connectivity index (χ2v) is 8.59. The van der Waals surface area contributed by atoms with Crippen molar-refractivity contribution in [3.63, 3.8) is 0 Å². The second-order valence-electron chi connectivity index (χ2n) is 7.65. The third-order valence-electron chi connectivity index (χ3n) is 5.45. The lowest BCUT2D eigenvalue weighted by Crippen LogP contribution is -2.27. The van der Waals surface area contributed by atoms with Gasteiger partial charge in [-0.2, -0.15) is 0 Å². The van der Waals surface area contributed by atoms with Gasteiger partial charge in [0.05, 0.1) is 40.8 Å². The number of aromatic nitrogens is 2. The van der Waals surface area contributed by atoms with Crippen LogP contribution in [0.25, 0.3) is 10.9 Å². The van der Waals surface area contributed by atoms with E-state index in [0.717, 1.165) is 17.3 Å². The highest BCUT2D eigenvalue weighted by Gasteiger charge is 2.21. The summed E-state index contributed by atoms with van der Waals surface area (Å²) in [6, 6.07) is 20.5. The summed E-state index contributed by atoms with van der Waals surface area (Å²) in [4.78, 5) is 41.6. The first-order valence-corrected chi connectivity index (χ1v) is 11.7. The van der Waals surface area contributed by atoms with Gasteiger partial charge in [0.25, 0.3) is 11.2 Å². The summed E-state index contributed by atoms with van der Waals surface area (Å²) in [6.07, 6.45) is 0. The Bertz CT molecular complexity index is 1460. The van der Waals surface area contributed by atoms with Crippen LogP contribution in [0.5, 0.6) is 5.75 Å². The lowest BCUT2D eigenvalue weighted by Gasteiger charge is -2.20. The molecule has 0 aliphatic heterocycles. The molecule has 10 heteroatoms. The number of ether oxygens (including phenoxy) is 1. The molecule has 1 aromatic heterocycles. The SMILES string of the molecule is COc1ccc(NC(=O)CSc2nc3ccccc3c(=O)n2C(C)c2ccccc2)c([N+](=O)[O-])c1. The van der Waals surface area contributed by atoms with Crippen molar-refractivity contribution in [3.8, 4) is 5.75 Å². The Morgan fingerprint density at radius 3 is 2.57 bits per heavy atom. The molecule has 0 spiro atoms. The molecule has 1 N–H and O–H groups in total. The minimum absolute atomic E-state index is 0.0583. The Morgan fingerprint density at radius 2 is 1.86 bits per heavy atom. The molecule has 4 rings (SSSR count). The predicted molar refractivity (Wildman–Crippen MR) is 135 cm³/mol. The van der Waals surface area contributed by atoms with Crippen LogP contribution in [0.4, 0.5) is 11.4 Å². The monoisotopic (exact) mass is 490 g/mol. The van der Waals surface area contributed by atoms with E-state index in [4.69, 9.17) is 4.74 Å². The van der Waals surface area contributed by atoms with Gasteiger partial charge in [-0.05, 0) is 36.8 Å². The van der Waals surface area contributed by atoms with Crippen LogP contribution in [0.15, 0.2) is 82.7 Å². The number of rotatable bonds is 8. The fourth-order valence-electron chi connectivity index (χ4n) is 3.66. The molecule has 9 nitrogen and oxygen atoms in total. The van der Waals surface area contributed by atoms with Crippen molar-refractivity contribution >= 4 is 39.9 Å². The van der Waals surface area contributed by atoms with Crippen molar-refractivity contribution in [2.24, 2.45) is 0 Å². The molecule has 0 bridgehead atoms. The standard InChI is InChI=1S/C25H22N4O5S/c1-16(17-8-4-3-5-9-17)28-24(31)19-10-6-7-11-20(19)27-25(28)35-15-23(30)26-21-13-12-18(34-2)14-22(21)29(32)33/h3-14,16H,15H2,1-2H3,(H,26,30). The van der Waals surface area contributed by atoms with Gasteiger partial charge in [-0.3, -0.25) is 24.3 Å². The van der Waals surface area contributed by atoms with Crippen LogP contribution in [0.1, 0.15) is 18.5 Å². The summed E-state index contributed by atoms with van der Waals surface area (Å²) >= 11 is 1.09. The number of amides is 1. The number of benzene rings is 3. The van der Waals surface area contributed by atoms with Gasteiger partial charge in [0.15, 0.2) is 5.16 Å². The molecular weight excluding hydrogens is 468 g/mol. The van der Waals surface area contributed by atoms with E-state index in [1.165, 1.54) is 25.3 Å². The third kappa shape index (κ3) is 5.17. The van der Waals surface area contributed by atoms with E-state index in [9.17, 15) is 19.7 Å². The summed E-state index contributed by atoms with van der Waals surface area (Å²) in [5, 5.41) is 14.8. The second kappa shape index (κ2) is 10.4.